The number of hydrogen-bond acceptors (Lipinski definition) is 3. The molecule has 0 saturated heterocycles. The van der Waals surface area contributed by atoms with Crippen molar-refractivity contribution in [1.82, 2.24) is 15.1 Å². The summed E-state index contributed by atoms with van der Waals surface area (Å²) in [5.41, 5.74) is 2.18. The molecule has 2 rings (SSSR count). The van der Waals surface area contributed by atoms with Crippen molar-refractivity contribution >= 4 is 11.9 Å². The van der Waals surface area contributed by atoms with Crippen LogP contribution in [0.1, 0.15) is 42.2 Å². The molecule has 2 N–H and O–H groups in total. The van der Waals surface area contributed by atoms with Crippen LogP contribution in [0.3, 0.4) is 0 Å². The number of carboxylic acids is 1. The molecule has 0 unspecified atom stereocenters. The molecule has 1 atom stereocenters. The quantitative estimate of drug-likeness (QED) is 0.822. The molecule has 0 bridgehead atoms. The first-order valence-electron chi connectivity index (χ1n) is 7.67. The Balaban J connectivity index is 2.06. The molecule has 0 aliphatic rings. The van der Waals surface area contributed by atoms with E-state index in [2.05, 4.69) is 10.4 Å². The molecule has 1 aromatic heterocycles. The van der Waals surface area contributed by atoms with Crippen molar-refractivity contribution in [1.29, 1.82) is 0 Å². The molecule has 2 aromatic rings. The van der Waals surface area contributed by atoms with E-state index in [1.54, 1.807) is 28.9 Å². The van der Waals surface area contributed by atoms with Crippen molar-refractivity contribution in [2.24, 2.45) is 0 Å². The molecule has 1 amide bonds. The van der Waals surface area contributed by atoms with Gasteiger partial charge in [-0.05, 0) is 43.7 Å². The number of nitrogens with zero attached hydrogens (tertiary/aromatic N) is 2. The Hall–Kier alpha value is -2.63. The van der Waals surface area contributed by atoms with Gasteiger partial charge in [0.05, 0.1) is 11.4 Å². The van der Waals surface area contributed by atoms with Gasteiger partial charge in [0.2, 0.25) is 0 Å². The highest BCUT2D eigenvalue weighted by Crippen LogP contribution is 2.10. The van der Waals surface area contributed by atoms with Gasteiger partial charge in [0.1, 0.15) is 6.04 Å². The summed E-state index contributed by atoms with van der Waals surface area (Å²) in [5, 5.41) is 16.0. The smallest absolute Gasteiger partial charge is 0.326 e. The standard InChI is InChI=1S/C17H21N3O3/c1-3-4-5-15(17(22)23)18-16(21)13-6-8-14(9-7-13)20-11-10-12(2)19-20/h6-11,15H,3-5H2,1-2H3,(H,18,21)(H,22,23)/t15-/m0/s1. The molecule has 0 radical (unpaired) electrons. The Morgan fingerprint density at radius 2 is 1.96 bits per heavy atom. The molecule has 0 aliphatic heterocycles. The molecule has 23 heavy (non-hydrogen) atoms. The molecular formula is C17H21N3O3. The van der Waals surface area contributed by atoms with E-state index in [4.69, 9.17) is 5.11 Å². The van der Waals surface area contributed by atoms with E-state index in [9.17, 15) is 9.59 Å². The third-order valence-corrected chi connectivity index (χ3v) is 3.57. The largest absolute Gasteiger partial charge is 0.480 e. The zero-order valence-electron chi connectivity index (χ0n) is 13.3. The lowest BCUT2D eigenvalue weighted by Gasteiger charge is -2.14. The lowest BCUT2D eigenvalue weighted by Crippen LogP contribution is -2.40. The van der Waals surface area contributed by atoms with E-state index in [0.717, 1.165) is 24.2 Å². The van der Waals surface area contributed by atoms with Gasteiger partial charge >= 0.3 is 5.97 Å². The molecule has 1 heterocycles. The molecule has 0 saturated carbocycles. The Morgan fingerprint density at radius 3 is 2.48 bits per heavy atom. The summed E-state index contributed by atoms with van der Waals surface area (Å²) in [6.07, 6.45) is 3.92. The SMILES string of the molecule is CCCC[C@H](NC(=O)c1ccc(-n2ccc(C)n2)cc1)C(=O)O. The average Bonchev–Trinajstić information content (AvgIpc) is 2.97. The van der Waals surface area contributed by atoms with E-state index in [1.165, 1.54) is 0 Å². The molecule has 122 valence electrons. The van der Waals surface area contributed by atoms with Gasteiger partial charge in [-0.25, -0.2) is 9.48 Å². The maximum absolute atomic E-state index is 12.2. The van der Waals surface area contributed by atoms with E-state index in [1.807, 2.05) is 26.1 Å². The van der Waals surface area contributed by atoms with Gasteiger partial charge in [-0.2, -0.15) is 5.10 Å². The first kappa shape index (κ1) is 16.7. The Morgan fingerprint density at radius 1 is 1.26 bits per heavy atom. The number of aryl methyl sites for hydroxylation is 1. The van der Waals surface area contributed by atoms with Crippen LogP contribution < -0.4 is 5.32 Å². The van der Waals surface area contributed by atoms with Crippen LogP contribution >= 0.6 is 0 Å². The topological polar surface area (TPSA) is 84.2 Å². The minimum atomic E-state index is -1.00. The Labute approximate surface area is 135 Å². The normalized spacial score (nSPS) is 11.9. The van der Waals surface area contributed by atoms with E-state index >= 15 is 0 Å². The molecule has 0 fully saturated rings. The summed E-state index contributed by atoms with van der Waals surface area (Å²) in [7, 11) is 0. The minimum absolute atomic E-state index is 0.378. The number of carbonyl (C=O) groups is 2. The maximum atomic E-state index is 12.2. The molecule has 0 aliphatic carbocycles. The predicted octanol–water partition coefficient (Wildman–Crippen LogP) is 2.55. The average molecular weight is 315 g/mol. The number of amides is 1. The van der Waals surface area contributed by atoms with Crippen molar-refractivity contribution in [2.45, 2.75) is 39.2 Å². The van der Waals surface area contributed by atoms with Crippen LogP contribution in [-0.2, 0) is 4.79 Å². The summed E-state index contributed by atoms with van der Waals surface area (Å²) >= 11 is 0. The van der Waals surface area contributed by atoms with E-state index in [0.29, 0.717) is 12.0 Å². The summed E-state index contributed by atoms with van der Waals surface area (Å²) in [6, 6.07) is 7.94. The number of nitrogens with one attached hydrogen (secondary N) is 1. The monoisotopic (exact) mass is 315 g/mol. The first-order chi connectivity index (χ1) is 11.0. The first-order valence-corrected chi connectivity index (χ1v) is 7.67. The fourth-order valence-electron chi connectivity index (χ4n) is 2.23. The van der Waals surface area contributed by atoms with Crippen molar-refractivity contribution in [3.05, 3.63) is 47.8 Å². The number of rotatable bonds is 7. The summed E-state index contributed by atoms with van der Waals surface area (Å²) in [5.74, 6) is -1.38. The number of carboxylic acid groups (broad SMARTS) is 1. The van der Waals surface area contributed by atoms with Crippen LogP contribution in [0, 0.1) is 6.92 Å². The van der Waals surface area contributed by atoms with Gasteiger partial charge in [-0.3, -0.25) is 4.79 Å². The predicted molar refractivity (Wildman–Crippen MR) is 86.7 cm³/mol. The molecule has 0 spiro atoms. The van der Waals surface area contributed by atoms with Crippen LogP contribution in [0.4, 0.5) is 0 Å². The third-order valence-electron chi connectivity index (χ3n) is 3.57. The second kappa shape index (κ2) is 7.58. The van der Waals surface area contributed by atoms with Crippen molar-refractivity contribution < 1.29 is 14.7 Å². The number of benzene rings is 1. The van der Waals surface area contributed by atoms with Gasteiger partial charge < -0.3 is 10.4 Å². The molecule has 6 nitrogen and oxygen atoms in total. The molecule has 6 heteroatoms. The second-order valence-electron chi connectivity index (χ2n) is 5.46. The number of aromatic nitrogens is 2. The van der Waals surface area contributed by atoms with Crippen LogP contribution in [0.25, 0.3) is 5.69 Å². The highest BCUT2D eigenvalue weighted by atomic mass is 16.4. The Bertz CT molecular complexity index is 677. The van der Waals surface area contributed by atoms with Crippen LogP contribution in [-0.4, -0.2) is 32.8 Å². The van der Waals surface area contributed by atoms with E-state index in [-0.39, 0.29) is 5.91 Å². The number of carbonyl (C=O) groups excluding carboxylic acids is 1. The van der Waals surface area contributed by atoms with Gasteiger partial charge in [0.25, 0.3) is 5.91 Å². The van der Waals surface area contributed by atoms with Crippen molar-refractivity contribution in [3.63, 3.8) is 0 Å². The van der Waals surface area contributed by atoms with Crippen LogP contribution in [0.5, 0.6) is 0 Å². The molecule has 1 aromatic carbocycles. The lowest BCUT2D eigenvalue weighted by atomic mass is 10.1. The van der Waals surface area contributed by atoms with E-state index < -0.39 is 12.0 Å². The van der Waals surface area contributed by atoms with Gasteiger partial charge in [-0.15, -0.1) is 0 Å². The minimum Gasteiger partial charge on any atom is -0.480 e. The van der Waals surface area contributed by atoms with Gasteiger partial charge in [0.15, 0.2) is 0 Å². The van der Waals surface area contributed by atoms with Gasteiger partial charge in [-0.1, -0.05) is 19.8 Å². The number of unbranched alkanes of at least 4 members (excludes halogenated alkanes) is 1. The summed E-state index contributed by atoms with van der Waals surface area (Å²) < 4.78 is 1.72. The number of hydrogen-bond donors (Lipinski definition) is 2. The third kappa shape index (κ3) is 4.42. The zero-order chi connectivity index (χ0) is 16.8. The lowest BCUT2D eigenvalue weighted by molar-refractivity contribution is -0.139. The molecular weight excluding hydrogens is 294 g/mol. The van der Waals surface area contributed by atoms with Crippen molar-refractivity contribution in [3.8, 4) is 5.69 Å². The Kier molecular flexibility index (Phi) is 5.51. The fourth-order valence-corrected chi connectivity index (χ4v) is 2.23. The van der Waals surface area contributed by atoms with Crippen LogP contribution in [0.2, 0.25) is 0 Å². The van der Waals surface area contributed by atoms with Crippen LogP contribution in [0.15, 0.2) is 36.5 Å². The maximum Gasteiger partial charge on any atom is 0.326 e. The second-order valence-corrected chi connectivity index (χ2v) is 5.46. The zero-order valence-corrected chi connectivity index (χ0v) is 13.3. The highest BCUT2D eigenvalue weighted by Gasteiger charge is 2.19. The number of aliphatic carboxylic acids is 1. The van der Waals surface area contributed by atoms with Crippen molar-refractivity contribution in [2.75, 3.05) is 0 Å². The van der Waals surface area contributed by atoms with Gasteiger partial charge in [0, 0.05) is 11.8 Å². The summed E-state index contributed by atoms with van der Waals surface area (Å²) in [4.78, 5) is 23.4. The highest BCUT2D eigenvalue weighted by molar-refractivity contribution is 5.96. The summed E-state index contributed by atoms with van der Waals surface area (Å²) in [6.45, 7) is 3.89. The fraction of sp³-hybridized carbons (Fsp3) is 0.353.